The molecule has 1 aromatic rings. The maximum absolute atomic E-state index is 12.1. The monoisotopic (exact) mass is 289 g/mol. The summed E-state index contributed by atoms with van der Waals surface area (Å²) in [4.78, 5) is 14.3. The van der Waals surface area contributed by atoms with Crippen molar-refractivity contribution in [1.29, 1.82) is 0 Å². The fourth-order valence-corrected chi connectivity index (χ4v) is 2.60. The Bertz CT molecular complexity index is 422. The van der Waals surface area contributed by atoms with Gasteiger partial charge in [-0.25, -0.2) is 0 Å². The zero-order valence-corrected chi connectivity index (χ0v) is 13.0. The number of unbranched alkanes of at least 4 members (excludes halogenated alkanes) is 1. The third kappa shape index (κ3) is 5.86. The number of amides is 1. The van der Waals surface area contributed by atoms with Gasteiger partial charge in [0, 0.05) is 18.8 Å². The molecular weight excluding hydrogens is 262 g/mol. The number of nitrogens with zero attached hydrogens (tertiary/aromatic N) is 1. The van der Waals surface area contributed by atoms with E-state index in [4.69, 9.17) is 0 Å². The number of nitrogens with one attached hydrogen (secondary N) is 2. The van der Waals surface area contributed by atoms with Gasteiger partial charge in [-0.1, -0.05) is 25.5 Å². The maximum atomic E-state index is 12.1. The van der Waals surface area contributed by atoms with E-state index in [2.05, 4.69) is 34.6 Å². The van der Waals surface area contributed by atoms with Gasteiger partial charge >= 0.3 is 0 Å². The minimum atomic E-state index is 0.0817. The summed E-state index contributed by atoms with van der Waals surface area (Å²) in [5, 5.41) is 6.34. The summed E-state index contributed by atoms with van der Waals surface area (Å²) in [7, 11) is 0. The second-order valence-corrected chi connectivity index (χ2v) is 5.73. The SMILES string of the molecule is CCCCc1ccc(NC(=O)CN2CCCNCC2)cc1. The molecule has 1 heterocycles. The number of hydrogen-bond acceptors (Lipinski definition) is 3. The smallest absolute Gasteiger partial charge is 0.238 e. The van der Waals surface area contributed by atoms with Crippen molar-refractivity contribution in [3.63, 3.8) is 0 Å². The van der Waals surface area contributed by atoms with Crippen molar-refractivity contribution in [2.75, 3.05) is 38.0 Å². The molecule has 1 fully saturated rings. The van der Waals surface area contributed by atoms with Crippen molar-refractivity contribution < 1.29 is 4.79 Å². The van der Waals surface area contributed by atoms with E-state index in [1.54, 1.807) is 0 Å². The van der Waals surface area contributed by atoms with E-state index in [-0.39, 0.29) is 5.91 Å². The van der Waals surface area contributed by atoms with Gasteiger partial charge in [0.1, 0.15) is 0 Å². The first-order chi connectivity index (χ1) is 10.3. The van der Waals surface area contributed by atoms with Crippen LogP contribution in [0, 0.1) is 0 Å². The molecule has 0 aliphatic carbocycles. The van der Waals surface area contributed by atoms with Gasteiger partial charge in [-0.15, -0.1) is 0 Å². The summed E-state index contributed by atoms with van der Waals surface area (Å²) in [5.74, 6) is 0.0817. The number of benzene rings is 1. The van der Waals surface area contributed by atoms with Gasteiger partial charge in [-0.2, -0.15) is 0 Å². The molecule has 1 amide bonds. The summed E-state index contributed by atoms with van der Waals surface area (Å²) >= 11 is 0. The second-order valence-electron chi connectivity index (χ2n) is 5.73. The number of anilines is 1. The van der Waals surface area contributed by atoms with Crippen LogP contribution in [-0.4, -0.2) is 43.5 Å². The van der Waals surface area contributed by atoms with E-state index in [1.165, 1.54) is 18.4 Å². The van der Waals surface area contributed by atoms with E-state index in [9.17, 15) is 4.79 Å². The molecule has 0 unspecified atom stereocenters. The number of carbonyl (C=O) groups is 1. The molecule has 0 bridgehead atoms. The lowest BCUT2D eigenvalue weighted by molar-refractivity contribution is -0.117. The lowest BCUT2D eigenvalue weighted by Gasteiger charge is -2.18. The number of hydrogen-bond donors (Lipinski definition) is 2. The molecule has 1 aliphatic rings. The first kappa shape index (κ1) is 16.0. The molecule has 4 heteroatoms. The molecule has 116 valence electrons. The molecule has 21 heavy (non-hydrogen) atoms. The number of aryl methyl sites for hydroxylation is 1. The highest BCUT2D eigenvalue weighted by molar-refractivity contribution is 5.92. The third-order valence-corrected chi connectivity index (χ3v) is 3.86. The minimum Gasteiger partial charge on any atom is -0.325 e. The Balaban J connectivity index is 1.78. The summed E-state index contributed by atoms with van der Waals surface area (Å²) in [6.07, 6.45) is 4.66. The molecule has 0 radical (unpaired) electrons. The van der Waals surface area contributed by atoms with E-state index < -0.39 is 0 Å². The molecule has 0 atom stereocenters. The van der Waals surface area contributed by atoms with Gasteiger partial charge in [0.25, 0.3) is 0 Å². The zero-order chi connectivity index (χ0) is 14.9. The van der Waals surface area contributed by atoms with Gasteiger partial charge in [0.2, 0.25) is 5.91 Å². The lowest BCUT2D eigenvalue weighted by Crippen LogP contribution is -2.35. The van der Waals surface area contributed by atoms with Gasteiger partial charge in [-0.05, 0) is 50.0 Å². The largest absolute Gasteiger partial charge is 0.325 e. The third-order valence-electron chi connectivity index (χ3n) is 3.86. The molecular formula is C17H27N3O. The van der Waals surface area contributed by atoms with E-state index in [0.717, 1.165) is 44.7 Å². The van der Waals surface area contributed by atoms with Crippen LogP contribution in [0.2, 0.25) is 0 Å². The van der Waals surface area contributed by atoms with Crippen molar-refractivity contribution >= 4 is 11.6 Å². The van der Waals surface area contributed by atoms with Gasteiger partial charge in [-0.3, -0.25) is 9.69 Å². The van der Waals surface area contributed by atoms with Crippen LogP contribution in [-0.2, 0) is 11.2 Å². The topological polar surface area (TPSA) is 44.4 Å². The Morgan fingerprint density at radius 3 is 2.81 bits per heavy atom. The summed E-state index contributed by atoms with van der Waals surface area (Å²) in [6.45, 7) is 6.66. The first-order valence-electron chi connectivity index (χ1n) is 8.10. The van der Waals surface area contributed by atoms with Gasteiger partial charge in [0.05, 0.1) is 6.54 Å². The molecule has 1 saturated heterocycles. The molecule has 1 aromatic carbocycles. The molecule has 1 aliphatic heterocycles. The summed E-state index contributed by atoms with van der Waals surface area (Å²) < 4.78 is 0. The fourth-order valence-electron chi connectivity index (χ4n) is 2.60. The van der Waals surface area contributed by atoms with E-state index >= 15 is 0 Å². The number of carbonyl (C=O) groups excluding carboxylic acids is 1. The van der Waals surface area contributed by atoms with Crippen LogP contribution in [0.3, 0.4) is 0 Å². The minimum absolute atomic E-state index is 0.0817. The molecule has 0 spiro atoms. The maximum Gasteiger partial charge on any atom is 0.238 e. The lowest BCUT2D eigenvalue weighted by atomic mass is 10.1. The van der Waals surface area contributed by atoms with Crippen molar-refractivity contribution in [3.05, 3.63) is 29.8 Å². The second kappa shape index (κ2) is 8.80. The quantitative estimate of drug-likeness (QED) is 0.844. The van der Waals surface area contributed by atoms with Crippen LogP contribution in [0.5, 0.6) is 0 Å². The van der Waals surface area contributed by atoms with Crippen LogP contribution >= 0.6 is 0 Å². The summed E-state index contributed by atoms with van der Waals surface area (Å²) in [5.41, 5.74) is 2.24. The Hall–Kier alpha value is -1.39. The average Bonchev–Trinajstić information content (AvgIpc) is 2.75. The van der Waals surface area contributed by atoms with Crippen LogP contribution in [0.1, 0.15) is 31.7 Å². The number of rotatable bonds is 6. The van der Waals surface area contributed by atoms with Crippen LogP contribution in [0.15, 0.2) is 24.3 Å². The molecule has 2 N–H and O–H groups in total. The van der Waals surface area contributed by atoms with Crippen LogP contribution < -0.4 is 10.6 Å². The average molecular weight is 289 g/mol. The van der Waals surface area contributed by atoms with Gasteiger partial charge < -0.3 is 10.6 Å². The Kier molecular flexibility index (Phi) is 6.70. The first-order valence-corrected chi connectivity index (χ1v) is 8.10. The van der Waals surface area contributed by atoms with Crippen LogP contribution in [0.25, 0.3) is 0 Å². The highest BCUT2D eigenvalue weighted by atomic mass is 16.2. The van der Waals surface area contributed by atoms with Crippen molar-refractivity contribution in [2.24, 2.45) is 0 Å². The Labute approximate surface area is 127 Å². The van der Waals surface area contributed by atoms with Crippen molar-refractivity contribution in [2.45, 2.75) is 32.6 Å². The zero-order valence-electron chi connectivity index (χ0n) is 13.0. The standard InChI is InChI=1S/C17H27N3O/c1-2-3-5-15-6-8-16(9-7-15)19-17(21)14-20-12-4-10-18-11-13-20/h6-9,18H,2-5,10-14H2,1H3,(H,19,21). The molecule has 2 rings (SSSR count). The van der Waals surface area contributed by atoms with E-state index in [0.29, 0.717) is 6.54 Å². The normalized spacial score (nSPS) is 16.4. The summed E-state index contributed by atoms with van der Waals surface area (Å²) in [6, 6.07) is 8.24. The molecule has 0 saturated carbocycles. The predicted molar refractivity (Wildman–Crippen MR) is 87.6 cm³/mol. The van der Waals surface area contributed by atoms with E-state index in [1.807, 2.05) is 12.1 Å². The Morgan fingerprint density at radius 1 is 1.24 bits per heavy atom. The Morgan fingerprint density at radius 2 is 2.05 bits per heavy atom. The molecule has 4 nitrogen and oxygen atoms in total. The molecule has 0 aromatic heterocycles. The van der Waals surface area contributed by atoms with Crippen molar-refractivity contribution in [1.82, 2.24) is 10.2 Å². The highest BCUT2D eigenvalue weighted by Crippen LogP contribution is 2.12. The van der Waals surface area contributed by atoms with Crippen LogP contribution in [0.4, 0.5) is 5.69 Å². The van der Waals surface area contributed by atoms with Crippen molar-refractivity contribution in [3.8, 4) is 0 Å². The highest BCUT2D eigenvalue weighted by Gasteiger charge is 2.12. The predicted octanol–water partition coefficient (Wildman–Crippen LogP) is 2.26. The van der Waals surface area contributed by atoms with Gasteiger partial charge in [0.15, 0.2) is 0 Å². The fraction of sp³-hybridized carbons (Fsp3) is 0.588.